The Morgan fingerprint density at radius 1 is 1.46 bits per heavy atom. The summed E-state index contributed by atoms with van der Waals surface area (Å²) >= 11 is 5.93. The number of ether oxygens (including phenoxy) is 2. The Bertz CT molecular complexity index is 540. The maximum absolute atomic E-state index is 12.0. The van der Waals surface area contributed by atoms with E-state index in [1.165, 1.54) is 11.1 Å². The Kier molecular flexibility index (Phi) is 8.11. The number of hydrogen-bond donors (Lipinski definition) is 1. The molecule has 0 aliphatic carbocycles. The van der Waals surface area contributed by atoms with Gasteiger partial charge in [0.1, 0.15) is 10.6 Å². The highest BCUT2D eigenvalue weighted by Gasteiger charge is 2.20. The lowest BCUT2D eigenvalue weighted by Crippen LogP contribution is -2.38. The van der Waals surface area contributed by atoms with Crippen molar-refractivity contribution in [3.8, 4) is 5.88 Å². The smallest absolute Gasteiger partial charge is 0.409 e. The number of nitrogens with zero attached hydrogens (tertiary/aromatic N) is 3. The topological polar surface area (TPSA) is 76.6 Å². The zero-order chi connectivity index (χ0) is 18.2. The molecule has 0 saturated carbocycles. The van der Waals surface area contributed by atoms with Gasteiger partial charge in [0.05, 0.1) is 20.7 Å². The van der Waals surface area contributed by atoms with Gasteiger partial charge in [0.15, 0.2) is 0 Å². The molecule has 1 aromatic rings. The van der Waals surface area contributed by atoms with Gasteiger partial charge in [0.2, 0.25) is 11.8 Å². The fourth-order valence-electron chi connectivity index (χ4n) is 1.73. The molecule has 1 heterocycles. The summed E-state index contributed by atoms with van der Waals surface area (Å²) in [5, 5.41) is 3.42. The molecule has 132 valence electrons. The van der Waals surface area contributed by atoms with Gasteiger partial charge in [-0.2, -0.15) is 4.98 Å². The van der Waals surface area contributed by atoms with Crippen LogP contribution in [0, 0.1) is 0 Å². The standard InChI is InChI=1S/C15H24BClN4O3/c1-5-23-12-11(17)9-19-13(20-12)18-7-6-8-21(10-16)14(22)24-15(2,3)4/h9H,5-8,10H2,1-4H3,(H,18,19,20). The normalized spacial score (nSPS) is 11.0. The van der Waals surface area contributed by atoms with Crippen molar-refractivity contribution in [1.29, 1.82) is 0 Å². The summed E-state index contributed by atoms with van der Waals surface area (Å²) in [7, 11) is 5.60. The van der Waals surface area contributed by atoms with Crippen molar-refractivity contribution >= 4 is 31.5 Å². The molecule has 0 saturated heterocycles. The molecule has 9 heteroatoms. The largest absolute Gasteiger partial charge is 0.477 e. The number of amides is 1. The first-order valence-corrected chi connectivity index (χ1v) is 8.21. The van der Waals surface area contributed by atoms with Crippen LogP contribution in [0.2, 0.25) is 5.02 Å². The van der Waals surface area contributed by atoms with Crippen molar-refractivity contribution in [1.82, 2.24) is 14.9 Å². The van der Waals surface area contributed by atoms with Crippen LogP contribution in [-0.4, -0.2) is 60.5 Å². The van der Waals surface area contributed by atoms with Gasteiger partial charge in [-0.05, 0) is 40.6 Å². The van der Waals surface area contributed by atoms with Gasteiger partial charge in [-0.25, -0.2) is 9.78 Å². The minimum Gasteiger partial charge on any atom is -0.477 e. The molecule has 0 fully saturated rings. The molecule has 0 atom stereocenters. The highest BCUT2D eigenvalue weighted by Crippen LogP contribution is 2.21. The predicted octanol–water partition coefficient (Wildman–Crippen LogP) is 2.69. The van der Waals surface area contributed by atoms with Crippen LogP contribution < -0.4 is 10.1 Å². The Balaban J connectivity index is 2.44. The molecule has 1 amide bonds. The van der Waals surface area contributed by atoms with E-state index in [0.717, 1.165) is 0 Å². The molecular weight excluding hydrogens is 330 g/mol. The third-order valence-electron chi connectivity index (χ3n) is 2.75. The van der Waals surface area contributed by atoms with Gasteiger partial charge in [-0.3, -0.25) is 0 Å². The number of rotatable bonds is 8. The lowest BCUT2D eigenvalue weighted by atomic mass is 10.1. The van der Waals surface area contributed by atoms with E-state index in [4.69, 9.17) is 28.9 Å². The summed E-state index contributed by atoms with van der Waals surface area (Å²) < 4.78 is 10.6. The van der Waals surface area contributed by atoms with E-state index in [9.17, 15) is 4.79 Å². The first-order valence-electron chi connectivity index (χ1n) is 7.84. The predicted molar refractivity (Wildman–Crippen MR) is 94.9 cm³/mol. The number of halogens is 1. The van der Waals surface area contributed by atoms with Crippen LogP contribution in [0.3, 0.4) is 0 Å². The van der Waals surface area contributed by atoms with Crippen molar-refractivity contribution in [3.05, 3.63) is 11.2 Å². The van der Waals surface area contributed by atoms with E-state index in [1.807, 2.05) is 27.7 Å². The Morgan fingerprint density at radius 2 is 2.17 bits per heavy atom. The lowest BCUT2D eigenvalue weighted by Gasteiger charge is -2.26. The quantitative estimate of drug-likeness (QED) is 0.571. The monoisotopic (exact) mass is 354 g/mol. The van der Waals surface area contributed by atoms with Gasteiger partial charge in [-0.15, -0.1) is 0 Å². The van der Waals surface area contributed by atoms with Gasteiger partial charge in [0, 0.05) is 13.1 Å². The molecule has 0 unspecified atom stereocenters. The molecule has 1 aromatic heterocycles. The van der Waals surface area contributed by atoms with E-state index < -0.39 is 11.7 Å². The molecule has 0 aliphatic heterocycles. The van der Waals surface area contributed by atoms with Crippen molar-refractivity contribution in [2.24, 2.45) is 0 Å². The second-order valence-electron chi connectivity index (χ2n) is 5.99. The van der Waals surface area contributed by atoms with Crippen LogP contribution in [-0.2, 0) is 4.74 Å². The number of aromatic nitrogens is 2. The van der Waals surface area contributed by atoms with Gasteiger partial charge in [0.25, 0.3) is 0 Å². The van der Waals surface area contributed by atoms with Gasteiger partial charge >= 0.3 is 6.09 Å². The van der Waals surface area contributed by atoms with Crippen LogP contribution in [0.5, 0.6) is 5.88 Å². The van der Waals surface area contributed by atoms with Gasteiger partial charge in [-0.1, -0.05) is 11.6 Å². The van der Waals surface area contributed by atoms with Crippen molar-refractivity contribution < 1.29 is 14.3 Å². The summed E-state index contributed by atoms with van der Waals surface area (Å²) in [6, 6.07) is 0. The number of anilines is 1. The summed E-state index contributed by atoms with van der Waals surface area (Å²) in [4.78, 5) is 21.7. The number of carbonyl (C=O) groups excluding carboxylic acids is 1. The van der Waals surface area contributed by atoms with Crippen molar-refractivity contribution in [2.75, 3.05) is 31.5 Å². The third-order valence-corrected chi connectivity index (χ3v) is 3.01. The molecule has 2 radical (unpaired) electrons. The van der Waals surface area contributed by atoms with E-state index >= 15 is 0 Å². The highest BCUT2D eigenvalue weighted by molar-refractivity contribution is 6.31. The number of nitrogens with one attached hydrogen (secondary N) is 1. The molecule has 7 nitrogen and oxygen atoms in total. The van der Waals surface area contributed by atoms with E-state index in [1.54, 1.807) is 0 Å². The minimum absolute atomic E-state index is 0.0981. The van der Waals surface area contributed by atoms with Crippen LogP contribution >= 0.6 is 11.6 Å². The average molecular weight is 355 g/mol. The van der Waals surface area contributed by atoms with Crippen LogP contribution in [0.25, 0.3) is 0 Å². The van der Waals surface area contributed by atoms with E-state index in [0.29, 0.717) is 43.0 Å². The Hall–Kier alpha value is -1.70. The lowest BCUT2D eigenvalue weighted by molar-refractivity contribution is 0.0284. The minimum atomic E-state index is -0.546. The molecule has 0 spiro atoms. The van der Waals surface area contributed by atoms with Crippen molar-refractivity contribution in [3.63, 3.8) is 0 Å². The fraction of sp³-hybridized carbons (Fsp3) is 0.667. The highest BCUT2D eigenvalue weighted by atomic mass is 35.5. The summed E-state index contributed by atoms with van der Waals surface area (Å²) in [6.45, 7) is 8.79. The summed E-state index contributed by atoms with van der Waals surface area (Å²) in [6.07, 6.45) is 1.81. The van der Waals surface area contributed by atoms with Crippen LogP contribution in [0.15, 0.2) is 6.20 Å². The summed E-state index contributed by atoms with van der Waals surface area (Å²) in [5.74, 6) is 0.758. The van der Waals surface area contributed by atoms with E-state index in [-0.39, 0.29) is 6.44 Å². The first kappa shape index (κ1) is 20.3. The second-order valence-corrected chi connectivity index (χ2v) is 6.39. The fourth-order valence-corrected chi connectivity index (χ4v) is 1.87. The summed E-state index contributed by atoms with van der Waals surface area (Å²) in [5.41, 5.74) is -0.546. The second kappa shape index (κ2) is 9.56. The maximum Gasteiger partial charge on any atom is 0.409 e. The number of carbonyl (C=O) groups is 1. The molecule has 0 aromatic carbocycles. The average Bonchev–Trinajstić information content (AvgIpc) is 2.48. The molecular formula is C15H24BClN4O3. The SMILES string of the molecule is [B]CN(CCCNc1ncc(Cl)c(OCC)n1)C(=O)OC(C)(C)C. The Labute approximate surface area is 149 Å². The first-order chi connectivity index (χ1) is 11.3. The molecule has 1 N–H and O–H groups in total. The van der Waals surface area contributed by atoms with Crippen LogP contribution in [0.4, 0.5) is 10.7 Å². The maximum atomic E-state index is 12.0. The molecule has 0 aliphatic rings. The molecule has 1 rings (SSSR count). The van der Waals surface area contributed by atoms with Crippen molar-refractivity contribution in [2.45, 2.75) is 39.7 Å². The van der Waals surface area contributed by atoms with Gasteiger partial charge < -0.3 is 19.7 Å². The molecule has 0 bridgehead atoms. The van der Waals surface area contributed by atoms with Crippen LogP contribution in [0.1, 0.15) is 34.1 Å². The van der Waals surface area contributed by atoms with E-state index in [2.05, 4.69) is 15.3 Å². The molecule has 24 heavy (non-hydrogen) atoms. The Morgan fingerprint density at radius 3 is 2.75 bits per heavy atom. The number of hydrogen-bond acceptors (Lipinski definition) is 6. The third kappa shape index (κ3) is 7.25. The zero-order valence-electron chi connectivity index (χ0n) is 14.6. The zero-order valence-corrected chi connectivity index (χ0v) is 15.4.